The van der Waals surface area contributed by atoms with Crippen LogP contribution in [0, 0.1) is 0 Å². The molecule has 0 aliphatic heterocycles. The van der Waals surface area contributed by atoms with Gasteiger partial charge in [-0.1, -0.05) is 18.2 Å². The highest BCUT2D eigenvalue weighted by molar-refractivity contribution is 5.52. The summed E-state index contributed by atoms with van der Waals surface area (Å²) in [5.74, 6) is 0. The number of aryl methyl sites for hydroxylation is 2. The van der Waals surface area contributed by atoms with Crippen molar-refractivity contribution in [2.75, 3.05) is 17.7 Å². The predicted molar refractivity (Wildman–Crippen MR) is 81.4 cm³/mol. The van der Waals surface area contributed by atoms with Crippen molar-refractivity contribution in [2.24, 2.45) is 0 Å². The lowest BCUT2D eigenvalue weighted by Crippen LogP contribution is -2.16. The summed E-state index contributed by atoms with van der Waals surface area (Å²) < 4.78 is 0. The Bertz CT molecular complexity index is 590. The number of hydrogen-bond acceptors (Lipinski definition) is 2. The number of nitrogens with zero attached hydrogens (tertiary/aromatic N) is 1. The fraction of sp³-hybridized carbons (Fsp3) is 0.294. The van der Waals surface area contributed by atoms with Crippen molar-refractivity contribution in [1.82, 2.24) is 0 Å². The van der Waals surface area contributed by atoms with E-state index in [1.165, 1.54) is 41.6 Å². The topological polar surface area (TPSA) is 29.3 Å². The van der Waals surface area contributed by atoms with Crippen molar-refractivity contribution in [1.29, 1.82) is 0 Å². The van der Waals surface area contributed by atoms with Gasteiger partial charge in [-0.2, -0.15) is 0 Å². The molecule has 2 aromatic carbocycles. The van der Waals surface area contributed by atoms with Gasteiger partial charge in [-0.05, 0) is 60.2 Å². The highest BCUT2D eigenvalue weighted by Gasteiger charge is 2.12. The van der Waals surface area contributed by atoms with Crippen LogP contribution in [0.3, 0.4) is 0 Å². The van der Waals surface area contributed by atoms with E-state index in [1.807, 2.05) is 18.2 Å². The van der Waals surface area contributed by atoms with Crippen molar-refractivity contribution >= 4 is 11.4 Å². The lowest BCUT2D eigenvalue weighted by molar-refractivity contribution is 0.909. The summed E-state index contributed by atoms with van der Waals surface area (Å²) in [5.41, 5.74) is 12.3. The highest BCUT2D eigenvalue weighted by Crippen LogP contribution is 2.27. The number of anilines is 2. The summed E-state index contributed by atoms with van der Waals surface area (Å²) in [4.78, 5) is 2.29. The number of benzene rings is 2. The van der Waals surface area contributed by atoms with Gasteiger partial charge in [0.05, 0.1) is 0 Å². The second kappa shape index (κ2) is 4.96. The van der Waals surface area contributed by atoms with E-state index in [0.717, 1.165) is 12.2 Å². The molecular weight excluding hydrogens is 232 g/mol. The molecule has 0 saturated heterocycles. The average molecular weight is 252 g/mol. The molecule has 0 radical (unpaired) electrons. The van der Waals surface area contributed by atoms with Gasteiger partial charge < -0.3 is 10.6 Å². The Morgan fingerprint density at radius 1 is 1.05 bits per heavy atom. The third-order valence-corrected chi connectivity index (χ3v) is 3.89. The standard InChI is InChI=1S/C17H20N2/c1-19(12-13-4-2-7-16(18)10-13)17-9-8-14-5-3-6-15(14)11-17/h2,4,7-11H,3,5-6,12,18H2,1H3. The summed E-state index contributed by atoms with van der Waals surface area (Å²) in [5, 5.41) is 0. The zero-order valence-corrected chi connectivity index (χ0v) is 11.4. The maximum absolute atomic E-state index is 5.83. The molecular formula is C17H20N2. The highest BCUT2D eigenvalue weighted by atomic mass is 15.1. The van der Waals surface area contributed by atoms with E-state index < -0.39 is 0 Å². The maximum atomic E-state index is 5.83. The molecule has 0 atom stereocenters. The van der Waals surface area contributed by atoms with Crippen LogP contribution in [0.2, 0.25) is 0 Å². The van der Waals surface area contributed by atoms with E-state index in [1.54, 1.807) is 0 Å². The molecule has 2 N–H and O–H groups in total. The molecule has 2 nitrogen and oxygen atoms in total. The number of fused-ring (bicyclic) bond motifs is 1. The third kappa shape index (κ3) is 2.58. The molecule has 2 aromatic rings. The van der Waals surface area contributed by atoms with Gasteiger partial charge >= 0.3 is 0 Å². The van der Waals surface area contributed by atoms with Crippen molar-refractivity contribution in [3.63, 3.8) is 0 Å². The van der Waals surface area contributed by atoms with Gasteiger partial charge in [-0.25, -0.2) is 0 Å². The second-order valence-electron chi connectivity index (χ2n) is 5.41. The quantitative estimate of drug-likeness (QED) is 0.848. The lowest BCUT2D eigenvalue weighted by atomic mass is 10.1. The van der Waals surface area contributed by atoms with Gasteiger partial charge in [-0.15, -0.1) is 0 Å². The molecule has 1 aliphatic carbocycles. The molecule has 0 saturated carbocycles. The first-order valence-corrected chi connectivity index (χ1v) is 6.90. The summed E-state index contributed by atoms with van der Waals surface area (Å²) in [6, 6.07) is 15.0. The van der Waals surface area contributed by atoms with Crippen LogP contribution >= 0.6 is 0 Å². The van der Waals surface area contributed by atoms with Gasteiger partial charge in [0.2, 0.25) is 0 Å². The van der Waals surface area contributed by atoms with Gasteiger partial charge in [0, 0.05) is 25.0 Å². The van der Waals surface area contributed by atoms with E-state index >= 15 is 0 Å². The first-order valence-electron chi connectivity index (χ1n) is 6.90. The molecule has 0 amide bonds. The van der Waals surface area contributed by atoms with E-state index in [4.69, 9.17) is 5.73 Å². The van der Waals surface area contributed by atoms with Gasteiger partial charge in [0.1, 0.15) is 0 Å². The Balaban J connectivity index is 1.78. The first kappa shape index (κ1) is 12.1. The molecule has 0 fully saturated rings. The SMILES string of the molecule is CN(Cc1cccc(N)c1)c1ccc2c(c1)CCC2. The Morgan fingerprint density at radius 3 is 2.74 bits per heavy atom. The van der Waals surface area contributed by atoms with Gasteiger partial charge in [0.25, 0.3) is 0 Å². The summed E-state index contributed by atoms with van der Waals surface area (Å²) in [6.07, 6.45) is 3.78. The Hall–Kier alpha value is -1.96. The Labute approximate surface area is 114 Å². The smallest absolute Gasteiger partial charge is 0.0426 e. The van der Waals surface area contributed by atoms with Crippen LogP contribution in [-0.4, -0.2) is 7.05 Å². The zero-order valence-electron chi connectivity index (χ0n) is 11.4. The molecule has 2 heteroatoms. The van der Waals surface area contributed by atoms with E-state index in [-0.39, 0.29) is 0 Å². The number of nitrogens with two attached hydrogens (primary N) is 1. The van der Waals surface area contributed by atoms with E-state index in [0.29, 0.717) is 0 Å². The molecule has 19 heavy (non-hydrogen) atoms. The number of hydrogen-bond donors (Lipinski definition) is 1. The molecule has 0 bridgehead atoms. The van der Waals surface area contributed by atoms with E-state index in [9.17, 15) is 0 Å². The monoisotopic (exact) mass is 252 g/mol. The summed E-state index contributed by atoms with van der Waals surface area (Å²) in [6.45, 7) is 0.893. The fourth-order valence-corrected chi connectivity index (χ4v) is 2.85. The van der Waals surface area contributed by atoms with Crippen LogP contribution in [0.4, 0.5) is 11.4 Å². The minimum atomic E-state index is 0.833. The molecule has 0 unspecified atom stereocenters. The molecule has 0 heterocycles. The second-order valence-corrected chi connectivity index (χ2v) is 5.41. The van der Waals surface area contributed by atoms with Gasteiger partial charge in [0.15, 0.2) is 0 Å². The van der Waals surface area contributed by atoms with Crippen molar-refractivity contribution in [3.05, 3.63) is 59.2 Å². The molecule has 1 aliphatic rings. The first-order chi connectivity index (χ1) is 9.22. The summed E-state index contributed by atoms with van der Waals surface area (Å²) in [7, 11) is 2.14. The normalized spacial score (nSPS) is 13.3. The third-order valence-electron chi connectivity index (χ3n) is 3.89. The predicted octanol–water partition coefficient (Wildman–Crippen LogP) is 3.39. The fourth-order valence-electron chi connectivity index (χ4n) is 2.85. The summed E-state index contributed by atoms with van der Waals surface area (Å²) >= 11 is 0. The van der Waals surface area contributed by atoms with Crippen LogP contribution in [0.25, 0.3) is 0 Å². The van der Waals surface area contributed by atoms with E-state index in [2.05, 4.69) is 36.2 Å². The lowest BCUT2D eigenvalue weighted by Gasteiger charge is -2.20. The van der Waals surface area contributed by atoms with Crippen LogP contribution in [0.1, 0.15) is 23.1 Å². The van der Waals surface area contributed by atoms with Crippen molar-refractivity contribution in [3.8, 4) is 0 Å². The minimum Gasteiger partial charge on any atom is -0.399 e. The molecule has 3 rings (SSSR count). The van der Waals surface area contributed by atoms with Crippen LogP contribution in [0.15, 0.2) is 42.5 Å². The molecule has 0 spiro atoms. The Kier molecular flexibility index (Phi) is 3.16. The van der Waals surface area contributed by atoms with Crippen LogP contribution in [0.5, 0.6) is 0 Å². The average Bonchev–Trinajstić information content (AvgIpc) is 2.85. The van der Waals surface area contributed by atoms with Crippen molar-refractivity contribution < 1.29 is 0 Å². The molecule has 0 aromatic heterocycles. The maximum Gasteiger partial charge on any atom is 0.0426 e. The van der Waals surface area contributed by atoms with Crippen molar-refractivity contribution in [2.45, 2.75) is 25.8 Å². The van der Waals surface area contributed by atoms with Crippen LogP contribution in [-0.2, 0) is 19.4 Å². The molecule has 98 valence electrons. The van der Waals surface area contributed by atoms with Crippen LogP contribution < -0.4 is 10.6 Å². The zero-order chi connectivity index (χ0) is 13.2. The number of rotatable bonds is 3. The largest absolute Gasteiger partial charge is 0.399 e. The van der Waals surface area contributed by atoms with Gasteiger partial charge in [-0.3, -0.25) is 0 Å². The Morgan fingerprint density at radius 2 is 1.89 bits per heavy atom. The number of nitrogen functional groups attached to an aromatic ring is 1. The minimum absolute atomic E-state index is 0.833.